The fraction of sp³-hybridized carbons (Fsp3) is 0.619. The summed E-state index contributed by atoms with van der Waals surface area (Å²) in [6, 6.07) is 7.37. The zero-order chi connectivity index (χ0) is 21.6. The number of nitrogens with zero attached hydrogens (tertiary/aromatic N) is 2. The van der Waals surface area contributed by atoms with Gasteiger partial charge in [-0.2, -0.15) is 0 Å². The van der Waals surface area contributed by atoms with Gasteiger partial charge in [0.1, 0.15) is 6.04 Å². The quantitative estimate of drug-likeness (QED) is 0.614. The van der Waals surface area contributed by atoms with Gasteiger partial charge in [0.2, 0.25) is 21.8 Å². The highest BCUT2D eigenvalue weighted by Gasteiger charge is 2.34. The maximum absolute atomic E-state index is 12.9. The summed E-state index contributed by atoms with van der Waals surface area (Å²) in [5.74, 6) is 0.0880. The third-order valence-electron chi connectivity index (χ3n) is 5.24. The van der Waals surface area contributed by atoms with Crippen LogP contribution in [0, 0.1) is 5.92 Å². The van der Waals surface area contributed by atoms with Crippen LogP contribution in [0.3, 0.4) is 0 Å². The number of carbonyl (C=O) groups excluding carboxylic acids is 2. The van der Waals surface area contributed by atoms with Gasteiger partial charge in [0.25, 0.3) is 0 Å². The molecule has 0 fully saturated rings. The highest BCUT2D eigenvalue weighted by molar-refractivity contribution is 7.89. The molecule has 0 aliphatic carbocycles. The van der Waals surface area contributed by atoms with Gasteiger partial charge in [-0.3, -0.25) is 9.59 Å². The summed E-state index contributed by atoms with van der Waals surface area (Å²) < 4.78 is 24.9. The number of hydrogen-bond acceptors (Lipinski definition) is 4. The van der Waals surface area contributed by atoms with E-state index in [2.05, 4.69) is 5.32 Å². The molecule has 1 aromatic carbocycles. The van der Waals surface area contributed by atoms with Crippen molar-refractivity contribution in [1.82, 2.24) is 14.5 Å². The first-order chi connectivity index (χ1) is 13.7. The summed E-state index contributed by atoms with van der Waals surface area (Å²) >= 11 is 0. The minimum atomic E-state index is -3.22. The van der Waals surface area contributed by atoms with E-state index in [1.54, 1.807) is 18.9 Å². The molecule has 1 heterocycles. The van der Waals surface area contributed by atoms with E-state index >= 15 is 0 Å². The second-order valence-corrected chi connectivity index (χ2v) is 10.3. The Hall–Kier alpha value is -1.93. The van der Waals surface area contributed by atoms with E-state index in [1.807, 2.05) is 38.1 Å². The van der Waals surface area contributed by atoms with Crippen LogP contribution in [0.2, 0.25) is 0 Å². The van der Waals surface area contributed by atoms with Crippen molar-refractivity contribution >= 4 is 21.8 Å². The van der Waals surface area contributed by atoms with E-state index in [-0.39, 0.29) is 23.5 Å². The summed E-state index contributed by atoms with van der Waals surface area (Å²) in [5.41, 5.74) is 2.18. The standard InChI is InChI=1S/C21H33N3O4S/c1-5-29(27,28)23(4)12-8-11-22-21(26)19-14-17-9-6-7-10-18(17)15-24(19)20(25)13-16(2)3/h6-7,9-10,16,19H,5,8,11-15H2,1-4H3,(H,22,26). The molecule has 0 bridgehead atoms. The van der Waals surface area contributed by atoms with E-state index in [0.717, 1.165) is 11.1 Å². The molecule has 2 amide bonds. The molecule has 8 heteroatoms. The van der Waals surface area contributed by atoms with E-state index in [4.69, 9.17) is 0 Å². The van der Waals surface area contributed by atoms with Crippen LogP contribution in [-0.2, 0) is 32.6 Å². The Bertz CT molecular complexity index is 823. The number of nitrogens with one attached hydrogen (secondary N) is 1. The van der Waals surface area contributed by atoms with Crippen LogP contribution in [0.5, 0.6) is 0 Å². The van der Waals surface area contributed by atoms with Gasteiger partial charge < -0.3 is 10.2 Å². The van der Waals surface area contributed by atoms with E-state index in [0.29, 0.717) is 38.9 Å². The molecule has 0 saturated heterocycles. The van der Waals surface area contributed by atoms with Crippen LogP contribution in [0.15, 0.2) is 24.3 Å². The predicted molar refractivity (Wildman–Crippen MR) is 114 cm³/mol. The van der Waals surface area contributed by atoms with Crippen molar-refractivity contribution in [3.8, 4) is 0 Å². The first kappa shape index (κ1) is 23.3. The van der Waals surface area contributed by atoms with Crippen LogP contribution in [-0.4, -0.2) is 61.4 Å². The molecular weight excluding hydrogens is 390 g/mol. The van der Waals surface area contributed by atoms with Gasteiger partial charge >= 0.3 is 0 Å². The van der Waals surface area contributed by atoms with Crippen LogP contribution in [0.4, 0.5) is 0 Å². The van der Waals surface area contributed by atoms with Crippen LogP contribution >= 0.6 is 0 Å². The third kappa shape index (κ3) is 6.27. The van der Waals surface area contributed by atoms with Gasteiger partial charge in [0.15, 0.2) is 0 Å². The molecule has 1 N–H and O–H groups in total. The van der Waals surface area contributed by atoms with Gasteiger partial charge in [-0.1, -0.05) is 38.1 Å². The van der Waals surface area contributed by atoms with Crippen molar-refractivity contribution in [1.29, 1.82) is 0 Å². The molecule has 0 aromatic heterocycles. The molecule has 0 spiro atoms. The summed E-state index contributed by atoms with van der Waals surface area (Å²) in [5, 5.41) is 2.89. The molecule has 162 valence electrons. The Morgan fingerprint density at radius 2 is 1.90 bits per heavy atom. The Kier molecular flexibility index (Phi) is 8.22. The molecule has 2 rings (SSSR count). The van der Waals surface area contributed by atoms with Gasteiger partial charge in [-0.05, 0) is 30.4 Å². The number of amides is 2. The predicted octanol–water partition coefficient (Wildman–Crippen LogP) is 1.77. The molecule has 29 heavy (non-hydrogen) atoms. The minimum absolute atomic E-state index is 0.0107. The highest BCUT2D eigenvalue weighted by Crippen LogP contribution is 2.25. The Morgan fingerprint density at radius 3 is 2.52 bits per heavy atom. The average Bonchev–Trinajstić information content (AvgIpc) is 2.69. The lowest BCUT2D eigenvalue weighted by Gasteiger charge is -2.36. The molecule has 1 atom stereocenters. The summed E-state index contributed by atoms with van der Waals surface area (Å²) in [6.07, 6.45) is 1.42. The third-order valence-corrected chi connectivity index (χ3v) is 7.11. The molecule has 1 aliphatic heterocycles. The van der Waals surface area contributed by atoms with Crippen LogP contribution < -0.4 is 5.32 Å². The molecule has 0 radical (unpaired) electrons. The number of rotatable bonds is 9. The van der Waals surface area contributed by atoms with Crippen molar-refractivity contribution in [2.24, 2.45) is 5.92 Å². The topological polar surface area (TPSA) is 86.8 Å². The van der Waals surface area contributed by atoms with E-state index in [1.165, 1.54) is 4.31 Å². The summed E-state index contributed by atoms with van der Waals surface area (Å²) in [7, 11) is -1.67. The van der Waals surface area contributed by atoms with Crippen LogP contribution in [0.25, 0.3) is 0 Å². The lowest BCUT2D eigenvalue weighted by molar-refractivity contribution is -0.142. The highest BCUT2D eigenvalue weighted by atomic mass is 32.2. The smallest absolute Gasteiger partial charge is 0.243 e. The minimum Gasteiger partial charge on any atom is -0.354 e. The zero-order valence-electron chi connectivity index (χ0n) is 17.8. The normalized spacial score (nSPS) is 16.8. The van der Waals surface area contributed by atoms with Crippen molar-refractivity contribution < 1.29 is 18.0 Å². The van der Waals surface area contributed by atoms with Crippen molar-refractivity contribution in [2.45, 2.75) is 52.6 Å². The second kappa shape index (κ2) is 10.2. The summed E-state index contributed by atoms with van der Waals surface area (Å²) in [4.78, 5) is 27.3. The molecular formula is C21H33N3O4S. The van der Waals surface area contributed by atoms with Crippen molar-refractivity contribution in [2.75, 3.05) is 25.9 Å². The fourth-order valence-electron chi connectivity index (χ4n) is 3.48. The Morgan fingerprint density at radius 1 is 1.24 bits per heavy atom. The largest absolute Gasteiger partial charge is 0.354 e. The summed E-state index contributed by atoms with van der Waals surface area (Å²) in [6.45, 7) is 6.75. The van der Waals surface area contributed by atoms with E-state index < -0.39 is 16.1 Å². The van der Waals surface area contributed by atoms with Gasteiger partial charge in [0.05, 0.1) is 5.75 Å². The maximum atomic E-state index is 12.9. The van der Waals surface area contributed by atoms with Gasteiger partial charge in [0, 0.05) is 39.5 Å². The molecule has 1 unspecified atom stereocenters. The van der Waals surface area contributed by atoms with E-state index in [9.17, 15) is 18.0 Å². The lowest BCUT2D eigenvalue weighted by Crippen LogP contribution is -2.53. The zero-order valence-corrected chi connectivity index (χ0v) is 18.7. The average molecular weight is 424 g/mol. The fourth-order valence-corrected chi connectivity index (χ4v) is 4.32. The Balaban J connectivity index is 2.00. The number of hydrogen-bond donors (Lipinski definition) is 1. The number of carbonyl (C=O) groups is 2. The van der Waals surface area contributed by atoms with Crippen LogP contribution in [0.1, 0.15) is 44.7 Å². The maximum Gasteiger partial charge on any atom is 0.243 e. The van der Waals surface area contributed by atoms with Crippen molar-refractivity contribution in [3.05, 3.63) is 35.4 Å². The first-order valence-electron chi connectivity index (χ1n) is 10.2. The number of benzene rings is 1. The monoisotopic (exact) mass is 423 g/mol. The SMILES string of the molecule is CCS(=O)(=O)N(C)CCCNC(=O)C1Cc2ccccc2CN1C(=O)CC(C)C. The number of sulfonamides is 1. The molecule has 0 saturated carbocycles. The van der Waals surface area contributed by atoms with Gasteiger partial charge in [-0.25, -0.2) is 12.7 Å². The lowest BCUT2D eigenvalue weighted by atomic mass is 9.92. The number of fused-ring (bicyclic) bond motifs is 1. The second-order valence-electron chi connectivity index (χ2n) is 7.97. The van der Waals surface area contributed by atoms with Crippen molar-refractivity contribution in [3.63, 3.8) is 0 Å². The molecule has 7 nitrogen and oxygen atoms in total. The first-order valence-corrected chi connectivity index (χ1v) is 11.8. The van der Waals surface area contributed by atoms with Gasteiger partial charge in [-0.15, -0.1) is 0 Å². The molecule has 1 aliphatic rings. The molecule has 1 aromatic rings. The Labute approximate surface area is 174 Å².